The van der Waals surface area contributed by atoms with Crippen molar-refractivity contribution in [3.05, 3.63) is 53.8 Å². The maximum Gasteiger partial charge on any atom is 0.203 e. The minimum absolute atomic E-state index is 0.239. The number of ether oxygens (including phenoxy) is 3. The van der Waals surface area contributed by atoms with Crippen LogP contribution in [0.25, 0.3) is 0 Å². The third-order valence-corrected chi connectivity index (χ3v) is 4.71. The van der Waals surface area contributed by atoms with Crippen LogP contribution >= 0.6 is 0 Å². The van der Waals surface area contributed by atoms with Crippen LogP contribution < -0.4 is 14.2 Å². The number of halogens is 1. The van der Waals surface area contributed by atoms with Crippen molar-refractivity contribution in [2.45, 2.75) is 25.2 Å². The van der Waals surface area contributed by atoms with Crippen molar-refractivity contribution in [2.24, 2.45) is 0 Å². The number of rotatable bonds is 4. The van der Waals surface area contributed by atoms with Crippen LogP contribution in [0.15, 0.2) is 42.5 Å². The molecule has 0 amide bonds. The van der Waals surface area contributed by atoms with E-state index in [0.717, 1.165) is 12.1 Å². The first-order chi connectivity index (χ1) is 12.7. The fourth-order valence-corrected chi connectivity index (χ4v) is 3.45. The molecule has 0 aliphatic carbocycles. The van der Waals surface area contributed by atoms with Gasteiger partial charge in [0, 0.05) is 19.6 Å². The lowest BCUT2D eigenvalue weighted by molar-refractivity contribution is -0.0290. The van der Waals surface area contributed by atoms with Gasteiger partial charge in [-0.05, 0) is 36.2 Å². The van der Waals surface area contributed by atoms with Crippen molar-refractivity contribution in [3.8, 4) is 17.2 Å². The molecule has 26 heavy (non-hydrogen) atoms. The van der Waals surface area contributed by atoms with Gasteiger partial charge < -0.3 is 19.3 Å². The van der Waals surface area contributed by atoms with Crippen molar-refractivity contribution in [2.75, 3.05) is 26.3 Å². The minimum atomic E-state index is -0.627. The summed E-state index contributed by atoms with van der Waals surface area (Å²) in [6.07, 6.45) is -0.255. The maximum absolute atomic E-state index is 13.3. The summed E-state index contributed by atoms with van der Waals surface area (Å²) in [5, 5.41) is 10.5. The van der Waals surface area contributed by atoms with Gasteiger partial charge in [-0.1, -0.05) is 18.2 Å². The van der Waals surface area contributed by atoms with Crippen LogP contribution in [0.5, 0.6) is 17.2 Å². The largest absolute Gasteiger partial charge is 0.486 e. The molecule has 2 heterocycles. The Kier molecular flexibility index (Phi) is 4.95. The van der Waals surface area contributed by atoms with E-state index in [4.69, 9.17) is 14.2 Å². The number of piperidine rings is 1. The molecule has 2 aliphatic rings. The smallest absolute Gasteiger partial charge is 0.203 e. The molecule has 0 spiro atoms. The van der Waals surface area contributed by atoms with Gasteiger partial charge in [-0.25, -0.2) is 4.39 Å². The van der Waals surface area contributed by atoms with Crippen molar-refractivity contribution in [3.63, 3.8) is 0 Å². The summed E-state index contributed by atoms with van der Waals surface area (Å²) >= 11 is 0. The number of aliphatic hydroxyl groups is 1. The van der Waals surface area contributed by atoms with E-state index in [-0.39, 0.29) is 11.9 Å². The summed E-state index contributed by atoms with van der Waals surface area (Å²) < 4.78 is 30.6. The van der Waals surface area contributed by atoms with Gasteiger partial charge in [-0.15, -0.1) is 0 Å². The predicted octanol–water partition coefficient (Wildman–Crippen LogP) is 2.61. The van der Waals surface area contributed by atoms with Crippen LogP contribution in [0.2, 0.25) is 0 Å². The predicted molar refractivity (Wildman–Crippen MR) is 94.1 cm³/mol. The number of benzene rings is 2. The molecule has 1 fully saturated rings. The number of likely N-dealkylation sites (tertiary alicyclic amines) is 1. The second-order valence-electron chi connectivity index (χ2n) is 6.66. The van der Waals surface area contributed by atoms with Gasteiger partial charge in [0.2, 0.25) is 5.75 Å². The topological polar surface area (TPSA) is 51.2 Å². The second-order valence-corrected chi connectivity index (χ2v) is 6.66. The molecule has 5 nitrogen and oxygen atoms in total. The van der Waals surface area contributed by atoms with E-state index in [9.17, 15) is 9.50 Å². The van der Waals surface area contributed by atoms with Crippen molar-refractivity contribution >= 4 is 0 Å². The maximum atomic E-state index is 13.3. The highest BCUT2D eigenvalue weighted by molar-refractivity contribution is 5.51. The molecular weight excluding hydrogens is 337 g/mol. The zero-order valence-electron chi connectivity index (χ0n) is 14.4. The summed E-state index contributed by atoms with van der Waals surface area (Å²) in [7, 11) is 0. The van der Waals surface area contributed by atoms with E-state index < -0.39 is 6.10 Å². The SMILES string of the molecule is O[C@@H]1CN(Cc2cccc(F)c2)CC[C@H]1Oc1cccc2c1OCCO2. The molecule has 2 aliphatic heterocycles. The summed E-state index contributed by atoms with van der Waals surface area (Å²) in [4.78, 5) is 2.11. The number of hydrogen-bond acceptors (Lipinski definition) is 5. The first kappa shape index (κ1) is 17.1. The fraction of sp³-hybridized carbons (Fsp3) is 0.400. The fourth-order valence-electron chi connectivity index (χ4n) is 3.45. The van der Waals surface area contributed by atoms with E-state index in [2.05, 4.69) is 4.90 Å². The molecule has 0 aromatic heterocycles. The van der Waals surface area contributed by atoms with Gasteiger partial charge in [-0.2, -0.15) is 0 Å². The number of β-amino-alcohol motifs (C(OH)–C–C–N with tert-alkyl or cyclic N) is 1. The number of fused-ring (bicyclic) bond motifs is 1. The molecular formula is C20H22FNO4. The summed E-state index contributed by atoms with van der Waals surface area (Å²) in [6, 6.07) is 12.1. The molecule has 2 aromatic rings. The molecule has 0 radical (unpaired) electrons. The number of para-hydroxylation sites is 1. The molecule has 0 bridgehead atoms. The third kappa shape index (κ3) is 3.76. The van der Waals surface area contributed by atoms with Crippen LogP contribution in [-0.4, -0.2) is 48.5 Å². The molecule has 6 heteroatoms. The minimum Gasteiger partial charge on any atom is -0.486 e. The van der Waals surface area contributed by atoms with Crippen molar-refractivity contribution in [1.82, 2.24) is 4.90 Å². The quantitative estimate of drug-likeness (QED) is 0.910. The van der Waals surface area contributed by atoms with Crippen LogP contribution in [0.3, 0.4) is 0 Å². The van der Waals surface area contributed by atoms with Crippen molar-refractivity contribution < 1.29 is 23.7 Å². The Morgan fingerprint density at radius 1 is 1.15 bits per heavy atom. The van der Waals surface area contributed by atoms with E-state index in [1.807, 2.05) is 24.3 Å². The van der Waals surface area contributed by atoms with Gasteiger partial charge in [-0.3, -0.25) is 4.90 Å². The van der Waals surface area contributed by atoms with Crippen LogP contribution in [0.4, 0.5) is 4.39 Å². The van der Waals surface area contributed by atoms with Crippen LogP contribution in [0.1, 0.15) is 12.0 Å². The standard InChI is InChI=1S/C20H22FNO4/c21-15-4-1-3-14(11-15)12-22-8-7-17(16(23)13-22)26-19-6-2-5-18-20(19)25-10-9-24-18/h1-6,11,16-17,23H,7-10,12-13H2/t16-,17-/m1/s1. The van der Waals surface area contributed by atoms with Gasteiger partial charge >= 0.3 is 0 Å². The summed E-state index contributed by atoms with van der Waals surface area (Å²) in [5.74, 6) is 1.64. The monoisotopic (exact) mass is 359 g/mol. The first-order valence-corrected chi connectivity index (χ1v) is 8.89. The average Bonchev–Trinajstić information content (AvgIpc) is 2.64. The Hall–Kier alpha value is -2.31. The first-order valence-electron chi connectivity index (χ1n) is 8.89. The number of aliphatic hydroxyl groups excluding tert-OH is 1. The highest BCUT2D eigenvalue weighted by Crippen LogP contribution is 2.40. The zero-order chi connectivity index (χ0) is 17.9. The lowest BCUT2D eigenvalue weighted by Gasteiger charge is -2.36. The lowest BCUT2D eigenvalue weighted by Crippen LogP contribution is -2.48. The highest BCUT2D eigenvalue weighted by Gasteiger charge is 2.30. The van der Waals surface area contributed by atoms with E-state index in [1.165, 1.54) is 12.1 Å². The highest BCUT2D eigenvalue weighted by atomic mass is 19.1. The normalized spacial score (nSPS) is 22.8. The Morgan fingerprint density at radius 2 is 2.00 bits per heavy atom. The van der Waals surface area contributed by atoms with Crippen molar-refractivity contribution in [1.29, 1.82) is 0 Å². The Balaban J connectivity index is 1.39. The third-order valence-electron chi connectivity index (χ3n) is 4.71. The average molecular weight is 359 g/mol. The number of nitrogens with zero attached hydrogens (tertiary/aromatic N) is 1. The zero-order valence-corrected chi connectivity index (χ0v) is 14.4. The van der Waals surface area contributed by atoms with E-state index >= 15 is 0 Å². The van der Waals surface area contributed by atoms with Gasteiger partial charge in [0.15, 0.2) is 11.5 Å². The molecule has 1 saturated heterocycles. The van der Waals surface area contributed by atoms with Gasteiger partial charge in [0.05, 0.1) is 0 Å². The van der Waals surface area contributed by atoms with E-state index in [0.29, 0.717) is 50.0 Å². The summed E-state index contributed by atoms with van der Waals surface area (Å²) in [5.41, 5.74) is 0.902. The Morgan fingerprint density at radius 3 is 2.85 bits per heavy atom. The van der Waals surface area contributed by atoms with Crippen LogP contribution in [0, 0.1) is 5.82 Å². The van der Waals surface area contributed by atoms with E-state index in [1.54, 1.807) is 6.07 Å². The Labute approximate surface area is 151 Å². The van der Waals surface area contributed by atoms with Crippen LogP contribution in [-0.2, 0) is 6.54 Å². The molecule has 1 N–H and O–H groups in total. The Bertz CT molecular complexity index is 769. The molecule has 0 unspecified atom stereocenters. The van der Waals surface area contributed by atoms with Gasteiger partial charge in [0.1, 0.15) is 31.2 Å². The van der Waals surface area contributed by atoms with Gasteiger partial charge in [0.25, 0.3) is 0 Å². The second kappa shape index (κ2) is 7.51. The molecule has 138 valence electrons. The summed E-state index contributed by atoms with van der Waals surface area (Å²) in [6.45, 7) is 2.87. The molecule has 4 rings (SSSR count). The lowest BCUT2D eigenvalue weighted by atomic mass is 10.0. The molecule has 2 aromatic carbocycles. The number of hydrogen-bond donors (Lipinski definition) is 1. The molecule has 0 saturated carbocycles. The molecule has 2 atom stereocenters.